The minimum atomic E-state index is -0.00759. The maximum absolute atomic E-state index is 12.2. The summed E-state index contributed by atoms with van der Waals surface area (Å²) in [6, 6.07) is 17.0. The van der Waals surface area contributed by atoms with Gasteiger partial charge in [-0.15, -0.1) is 28.3 Å². The molecule has 4 heteroatoms. The number of nitrogens with zero attached hydrogens (tertiary/aromatic N) is 1. The Kier molecular flexibility index (Phi) is 3.89. The molecule has 0 saturated heterocycles. The Morgan fingerprint density at radius 3 is 2.33 bits per heavy atom. The molecule has 0 aliphatic heterocycles. The van der Waals surface area contributed by atoms with Crippen molar-refractivity contribution in [1.82, 2.24) is 4.98 Å². The third-order valence-electron chi connectivity index (χ3n) is 2.52. The summed E-state index contributed by atoms with van der Waals surface area (Å²) in [6.45, 7) is 0. The van der Waals surface area contributed by atoms with E-state index in [4.69, 9.17) is 0 Å². The number of thiazole rings is 1. The zero-order valence-electron chi connectivity index (χ0n) is 9.37. The van der Waals surface area contributed by atoms with Gasteiger partial charge in [0.2, 0.25) is 5.78 Å². The Labute approximate surface area is 119 Å². The van der Waals surface area contributed by atoms with Gasteiger partial charge in [-0.25, -0.2) is 4.98 Å². The summed E-state index contributed by atoms with van der Waals surface area (Å²) in [4.78, 5) is 16.5. The van der Waals surface area contributed by atoms with Gasteiger partial charge in [0, 0.05) is 5.56 Å². The molecule has 3 rings (SSSR count). The van der Waals surface area contributed by atoms with Gasteiger partial charge in [-0.2, -0.15) is 0 Å². The van der Waals surface area contributed by atoms with E-state index in [0.29, 0.717) is 10.6 Å². The normalized spacial score (nSPS) is 10.0. The lowest BCUT2D eigenvalue weighted by atomic mass is 10.1. The Morgan fingerprint density at radius 2 is 1.61 bits per heavy atom. The number of benzene rings is 2. The highest BCUT2D eigenvalue weighted by Gasteiger charge is 2.13. The second kappa shape index (κ2) is 5.42. The van der Waals surface area contributed by atoms with Crippen LogP contribution in [0.3, 0.4) is 0 Å². The van der Waals surface area contributed by atoms with Crippen molar-refractivity contribution in [2.45, 2.75) is 0 Å². The third-order valence-corrected chi connectivity index (χ3v) is 3.56. The Bertz CT molecular complexity index is 645. The highest BCUT2D eigenvalue weighted by Crippen LogP contribution is 2.23. The van der Waals surface area contributed by atoms with Gasteiger partial charge in [0.25, 0.3) is 0 Å². The zero-order chi connectivity index (χ0) is 11.7. The van der Waals surface area contributed by atoms with Crippen LogP contribution in [0.5, 0.6) is 0 Å². The topological polar surface area (TPSA) is 30.0 Å². The highest BCUT2D eigenvalue weighted by molar-refractivity contribution is 8.93. The molecular formula is C14H10BrNOS. The number of carbonyl (C=O) groups is 1. The first kappa shape index (κ1) is 12.9. The number of fused-ring (bicyclic) bond motifs is 1. The second-order valence-corrected chi connectivity index (χ2v) is 4.71. The molecule has 0 spiro atoms. The molecule has 2 aromatic carbocycles. The molecule has 3 aromatic rings. The van der Waals surface area contributed by atoms with Crippen molar-refractivity contribution in [3.05, 3.63) is 65.2 Å². The van der Waals surface area contributed by atoms with Crippen LogP contribution in [0.15, 0.2) is 54.6 Å². The van der Waals surface area contributed by atoms with Gasteiger partial charge in [-0.1, -0.05) is 42.5 Å². The van der Waals surface area contributed by atoms with Crippen LogP contribution in [0.4, 0.5) is 0 Å². The van der Waals surface area contributed by atoms with Gasteiger partial charge >= 0.3 is 0 Å². The van der Waals surface area contributed by atoms with E-state index in [1.165, 1.54) is 11.3 Å². The van der Waals surface area contributed by atoms with Gasteiger partial charge in [0.05, 0.1) is 10.2 Å². The number of hydrogen-bond acceptors (Lipinski definition) is 3. The molecular weight excluding hydrogens is 310 g/mol. The zero-order valence-corrected chi connectivity index (χ0v) is 11.9. The molecule has 0 bridgehead atoms. The molecule has 0 amide bonds. The quantitative estimate of drug-likeness (QED) is 0.665. The first-order valence-corrected chi connectivity index (χ1v) is 6.11. The molecule has 90 valence electrons. The molecule has 0 N–H and O–H groups in total. The summed E-state index contributed by atoms with van der Waals surface area (Å²) in [7, 11) is 0. The summed E-state index contributed by atoms with van der Waals surface area (Å²) < 4.78 is 1.05. The van der Waals surface area contributed by atoms with Crippen LogP contribution in [0.25, 0.3) is 10.2 Å². The second-order valence-electron chi connectivity index (χ2n) is 3.68. The van der Waals surface area contributed by atoms with E-state index in [9.17, 15) is 4.79 Å². The molecule has 0 aliphatic carbocycles. The predicted octanol–water partition coefficient (Wildman–Crippen LogP) is 4.11. The largest absolute Gasteiger partial charge is 0.286 e. The maximum atomic E-state index is 12.2. The third kappa shape index (κ3) is 2.35. The van der Waals surface area contributed by atoms with Crippen molar-refractivity contribution in [2.24, 2.45) is 0 Å². The minimum absolute atomic E-state index is 0. The van der Waals surface area contributed by atoms with E-state index in [1.807, 2.05) is 54.6 Å². The molecule has 0 atom stereocenters. The average molecular weight is 320 g/mol. The van der Waals surface area contributed by atoms with Crippen LogP contribution in [-0.2, 0) is 0 Å². The maximum Gasteiger partial charge on any atom is 0.221 e. The molecule has 0 aliphatic rings. The van der Waals surface area contributed by atoms with Gasteiger partial charge in [-0.05, 0) is 12.1 Å². The Hall–Kier alpha value is -1.52. The van der Waals surface area contributed by atoms with E-state index in [1.54, 1.807) is 0 Å². The smallest absolute Gasteiger partial charge is 0.221 e. The van der Waals surface area contributed by atoms with Crippen molar-refractivity contribution < 1.29 is 4.79 Å². The standard InChI is InChI=1S/C14H9NOS.BrH/c16-13(10-6-2-1-3-7-10)14-15-11-8-4-5-9-12(11)17-14;/h1-9H;1H. The number of carbonyl (C=O) groups excluding carboxylic acids is 1. The van der Waals surface area contributed by atoms with Crippen molar-refractivity contribution in [3.8, 4) is 0 Å². The summed E-state index contributed by atoms with van der Waals surface area (Å²) >= 11 is 1.44. The molecule has 1 aromatic heterocycles. The Morgan fingerprint density at radius 1 is 0.944 bits per heavy atom. The van der Waals surface area contributed by atoms with Crippen molar-refractivity contribution in [3.63, 3.8) is 0 Å². The van der Waals surface area contributed by atoms with E-state index < -0.39 is 0 Å². The molecule has 0 saturated carbocycles. The van der Waals surface area contributed by atoms with Crippen LogP contribution in [0, 0.1) is 0 Å². The van der Waals surface area contributed by atoms with Crippen LogP contribution in [0.1, 0.15) is 15.4 Å². The van der Waals surface area contributed by atoms with Crippen LogP contribution in [0.2, 0.25) is 0 Å². The minimum Gasteiger partial charge on any atom is -0.286 e. The van der Waals surface area contributed by atoms with E-state index in [-0.39, 0.29) is 22.8 Å². The summed E-state index contributed by atoms with van der Waals surface area (Å²) in [6.07, 6.45) is 0. The van der Waals surface area contributed by atoms with E-state index in [0.717, 1.165) is 10.2 Å². The lowest BCUT2D eigenvalue weighted by molar-refractivity contribution is 0.103. The summed E-state index contributed by atoms with van der Waals surface area (Å²) in [5.74, 6) is -0.00759. The lowest BCUT2D eigenvalue weighted by Crippen LogP contribution is -1.99. The number of hydrogen-bond donors (Lipinski definition) is 0. The first-order valence-electron chi connectivity index (χ1n) is 5.30. The number of para-hydroxylation sites is 1. The van der Waals surface area contributed by atoms with Gasteiger partial charge in [-0.3, -0.25) is 4.79 Å². The van der Waals surface area contributed by atoms with Crippen molar-refractivity contribution in [2.75, 3.05) is 0 Å². The van der Waals surface area contributed by atoms with Gasteiger partial charge in [0.1, 0.15) is 0 Å². The fourth-order valence-corrected chi connectivity index (χ4v) is 2.61. The number of ketones is 1. The monoisotopic (exact) mass is 319 g/mol. The average Bonchev–Trinajstić information content (AvgIpc) is 2.82. The summed E-state index contributed by atoms with van der Waals surface area (Å²) in [5.41, 5.74) is 1.57. The number of rotatable bonds is 2. The summed E-state index contributed by atoms with van der Waals surface area (Å²) in [5, 5.41) is 0.553. The first-order chi connectivity index (χ1) is 8.34. The highest BCUT2D eigenvalue weighted by atomic mass is 79.9. The number of halogens is 1. The predicted molar refractivity (Wildman–Crippen MR) is 79.8 cm³/mol. The molecule has 1 heterocycles. The molecule has 0 radical (unpaired) electrons. The Balaban J connectivity index is 0.00000120. The van der Waals surface area contributed by atoms with Crippen molar-refractivity contribution in [1.29, 1.82) is 0 Å². The van der Waals surface area contributed by atoms with Gasteiger partial charge in [0.15, 0.2) is 5.01 Å². The van der Waals surface area contributed by atoms with Gasteiger partial charge < -0.3 is 0 Å². The molecule has 18 heavy (non-hydrogen) atoms. The SMILES string of the molecule is Br.O=C(c1ccccc1)c1nc2ccccc2s1. The molecule has 2 nitrogen and oxygen atoms in total. The van der Waals surface area contributed by atoms with Crippen LogP contribution < -0.4 is 0 Å². The van der Waals surface area contributed by atoms with Crippen LogP contribution >= 0.6 is 28.3 Å². The number of aromatic nitrogens is 1. The fourth-order valence-electron chi connectivity index (χ4n) is 1.68. The van der Waals surface area contributed by atoms with E-state index >= 15 is 0 Å². The molecule has 0 fully saturated rings. The molecule has 0 unspecified atom stereocenters. The fraction of sp³-hybridized carbons (Fsp3) is 0. The van der Waals surface area contributed by atoms with Crippen molar-refractivity contribution >= 4 is 44.3 Å². The van der Waals surface area contributed by atoms with E-state index in [2.05, 4.69) is 4.98 Å². The lowest BCUT2D eigenvalue weighted by Gasteiger charge is -1.94. The van der Waals surface area contributed by atoms with Crippen LogP contribution in [-0.4, -0.2) is 10.8 Å².